The van der Waals surface area contributed by atoms with E-state index in [2.05, 4.69) is 10.1 Å². The molecule has 1 rings (SSSR count). The van der Waals surface area contributed by atoms with Gasteiger partial charge in [0.25, 0.3) is 0 Å². The Morgan fingerprint density at radius 3 is 2.71 bits per heavy atom. The molecule has 0 bridgehead atoms. The summed E-state index contributed by atoms with van der Waals surface area (Å²) in [6.45, 7) is 2.15. The molecule has 1 aliphatic heterocycles. The SMILES string of the molecule is COC(=O)C(C)CN(C)C(=O)C1CSCN1.Cl. The zero-order chi connectivity index (χ0) is 12.1. The van der Waals surface area contributed by atoms with Crippen molar-refractivity contribution in [3.8, 4) is 0 Å². The summed E-state index contributed by atoms with van der Waals surface area (Å²) >= 11 is 1.71. The third-order valence-corrected chi connectivity index (χ3v) is 3.48. The lowest BCUT2D eigenvalue weighted by atomic mass is 10.1. The van der Waals surface area contributed by atoms with E-state index in [1.807, 2.05) is 0 Å². The van der Waals surface area contributed by atoms with Crippen LogP contribution in [-0.4, -0.2) is 55.2 Å². The first-order chi connectivity index (χ1) is 7.56. The van der Waals surface area contributed by atoms with Gasteiger partial charge in [-0.3, -0.25) is 14.9 Å². The van der Waals surface area contributed by atoms with E-state index in [4.69, 9.17) is 0 Å². The maximum absolute atomic E-state index is 11.9. The van der Waals surface area contributed by atoms with E-state index in [9.17, 15) is 9.59 Å². The Kier molecular flexibility index (Phi) is 7.58. The van der Waals surface area contributed by atoms with Crippen LogP contribution in [0.3, 0.4) is 0 Å². The minimum absolute atomic E-state index is 0. The number of hydrogen-bond donors (Lipinski definition) is 1. The van der Waals surface area contributed by atoms with E-state index in [1.54, 1.807) is 30.6 Å². The van der Waals surface area contributed by atoms with E-state index in [1.165, 1.54) is 7.11 Å². The van der Waals surface area contributed by atoms with Gasteiger partial charge in [0, 0.05) is 25.2 Å². The zero-order valence-corrected chi connectivity index (χ0v) is 11.9. The normalized spacial score (nSPS) is 20.3. The number of amides is 1. The standard InChI is InChI=1S/C10H18N2O3S.ClH/c1-7(10(14)15-3)4-12(2)9(13)8-5-16-6-11-8;/h7-8,11H,4-6H2,1-3H3;1H. The third-order valence-electron chi connectivity index (χ3n) is 2.54. The molecule has 1 N–H and O–H groups in total. The van der Waals surface area contributed by atoms with Gasteiger partial charge in [0.05, 0.1) is 19.1 Å². The summed E-state index contributed by atoms with van der Waals surface area (Å²) < 4.78 is 4.62. The lowest BCUT2D eigenvalue weighted by Gasteiger charge is -2.23. The smallest absolute Gasteiger partial charge is 0.310 e. The third kappa shape index (κ3) is 4.73. The minimum atomic E-state index is -0.284. The molecule has 17 heavy (non-hydrogen) atoms. The van der Waals surface area contributed by atoms with Crippen LogP contribution in [0.15, 0.2) is 0 Å². The summed E-state index contributed by atoms with van der Waals surface area (Å²) in [5.41, 5.74) is 0. The van der Waals surface area contributed by atoms with Gasteiger partial charge in [0.2, 0.25) is 5.91 Å². The van der Waals surface area contributed by atoms with Crippen LogP contribution in [0.25, 0.3) is 0 Å². The quantitative estimate of drug-likeness (QED) is 0.754. The van der Waals surface area contributed by atoms with E-state index in [0.29, 0.717) is 6.54 Å². The van der Waals surface area contributed by atoms with E-state index >= 15 is 0 Å². The topological polar surface area (TPSA) is 58.6 Å². The lowest BCUT2D eigenvalue weighted by Crippen LogP contribution is -2.45. The Hall–Kier alpha value is -0.460. The van der Waals surface area contributed by atoms with Gasteiger partial charge in [0.1, 0.15) is 0 Å². The van der Waals surface area contributed by atoms with E-state index < -0.39 is 0 Å². The summed E-state index contributed by atoms with van der Waals surface area (Å²) in [4.78, 5) is 24.7. The Bertz CT molecular complexity index is 272. The number of esters is 1. The Morgan fingerprint density at radius 2 is 2.24 bits per heavy atom. The maximum Gasteiger partial charge on any atom is 0.310 e. The molecule has 0 saturated carbocycles. The van der Waals surface area contributed by atoms with Gasteiger partial charge in [-0.2, -0.15) is 0 Å². The summed E-state index contributed by atoms with van der Waals surface area (Å²) in [6, 6.07) is -0.111. The van der Waals surface area contributed by atoms with Gasteiger partial charge in [-0.15, -0.1) is 24.2 Å². The maximum atomic E-state index is 11.9. The summed E-state index contributed by atoms with van der Waals surface area (Å²) in [5, 5.41) is 3.11. The number of carbonyl (C=O) groups excluding carboxylic acids is 2. The van der Waals surface area contributed by atoms with Gasteiger partial charge in [-0.1, -0.05) is 6.92 Å². The number of carbonyl (C=O) groups is 2. The second kappa shape index (κ2) is 7.79. The van der Waals surface area contributed by atoms with Crippen molar-refractivity contribution in [1.82, 2.24) is 10.2 Å². The predicted molar refractivity (Wildman–Crippen MR) is 70.3 cm³/mol. The monoisotopic (exact) mass is 282 g/mol. The first-order valence-corrected chi connectivity index (χ1v) is 6.35. The van der Waals surface area contributed by atoms with Crippen molar-refractivity contribution in [3.63, 3.8) is 0 Å². The molecular weight excluding hydrogens is 264 g/mol. The van der Waals surface area contributed by atoms with Crippen LogP contribution in [0, 0.1) is 5.92 Å². The molecule has 0 aliphatic carbocycles. The summed E-state index contributed by atoms with van der Waals surface area (Å²) in [5.74, 6) is 1.09. The number of hydrogen-bond acceptors (Lipinski definition) is 5. The fourth-order valence-electron chi connectivity index (χ4n) is 1.60. The number of nitrogens with one attached hydrogen (secondary N) is 1. The molecule has 0 aromatic rings. The highest BCUT2D eigenvalue weighted by Gasteiger charge is 2.27. The van der Waals surface area contributed by atoms with Crippen LogP contribution in [0.5, 0.6) is 0 Å². The van der Waals surface area contributed by atoms with Crippen LogP contribution in [0.2, 0.25) is 0 Å². The van der Waals surface area contributed by atoms with Crippen LogP contribution < -0.4 is 5.32 Å². The zero-order valence-electron chi connectivity index (χ0n) is 10.3. The van der Waals surface area contributed by atoms with Crippen molar-refractivity contribution >= 4 is 36.0 Å². The lowest BCUT2D eigenvalue weighted by molar-refractivity contribution is -0.146. The van der Waals surface area contributed by atoms with Crippen molar-refractivity contribution in [2.75, 3.05) is 32.3 Å². The summed E-state index contributed by atoms with van der Waals surface area (Å²) in [7, 11) is 3.07. The molecule has 1 saturated heterocycles. The average molecular weight is 283 g/mol. The minimum Gasteiger partial charge on any atom is -0.469 e. The molecule has 1 aliphatic rings. The number of methoxy groups -OCH3 is 1. The number of ether oxygens (including phenoxy) is 1. The number of thioether (sulfide) groups is 1. The largest absolute Gasteiger partial charge is 0.469 e. The number of halogens is 1. The highest BCUT2D eigenvalue weighted by atomic mass is 35.5. The molecule has 0 aromatic heterocycles. The van der Waals surface area contributed by atoms with Crippen LogP contribution in [0.4, 0.5) is 0 Å². The molecule has 2 unspecified atom stereocenters. The summed E-state index contributed by atoms with van der Waals surface area (Å²) in [6.07, 6.45) is 0. The van der Waals surface area contributed by atoms with Crippen LogP contribution >= 0.6 is 24.2 Å². The van der Waals surface area contributed by atoms with Gasteiger partial charge in [-0.25, -0.2) is 0 Å². The molecule has 0 spiro atoms. The molecule has 0 aromatic carbocycles. The molecule has 0 radical (unpaired) electrons. The first-order valence-electron chi connectivity index (χ1n) is 5.20. The van der Waals surface area contributed by atoms with Crippen molar-refractivity contribution in [2.24, 2.45) is 5.92 Å². The van der Waals surface area contributed by atoms with Gasteiger partial charge < -0.3 is 9.64 Å². The van der Waals surface area contributed by atoms with Crippen LogP contribution in [0.1, 0.15) is 6.92 Å². The highest BCUT2D eigenvalue weighted by molar-refractivity contribution is 7.99. The van der Waals surface area contributed by atoms with E-state index in [-0.39, 0.29) is 36.2 Å². The second-order valence-electron chi connectivity index (χ2n) is 3.91. The molecule has 5 nitrogen and oxygen atoms in total. The molecule has 100 valence electrons. The first kappa shape index (κ1) is 16.5. The van der Waals surface area contributed by atoms with Crippen molar-refractivity contribution in [1.29, 1.82) is 0 Å². The Balaban J connectivity index is 0.00000256. The van der Waals surface area contributed by atoms with Crippen molar-refractivity contribution in [2.45, 2.75) is 13.0 Å². The fourth-order valence-corrected chi connectivity index (χ4v) is 2.53. The molecule has 1 heterocycles. The molecule has 1 fully saturated rings. The average Bonchev–Trinajstić information content (AvgIpc) is 2.79. The van der Waals surface area contributed by atoms with Gasteiger partial charge in [0.15, 0.2) is 0 Å². The molecule has 7 heteroatoms. The fraction of sp³-hybridized carbons (Fsp3) is 0.800. The number of rotatable bonds is 4. The van der Waals surface area contributed by atoms with Crippen LogP contribution in [-0.2, 0) is 14.3 Å². The highest BCUT2D eigenvalue weighted by Crippen LogP contribution is 2.12. The number of nitrogens with zero attached hydrogens (tertiary/aromatic N) is 1. The number of likely N-dealkylation sites (N-methyl/N-ethyl adjacent to an activating group) is 1. The van der Waals surface area contributed by atoms with Crippen molar-refractivity contribution < 1.29 is 14.3 Å². The van der Waals surface area contributed by atoms with Gasteiger partial charge in [-0.05, 0) is 0 Å². The van der Waals surface area contributed by atoms with Gasteiger partial charge >= 0.3 is 5.97 Å². The predicted octanol–water partition coefficient (Wildman–Crippen LogP) is 0.338. The molecular formula is C10H19ClN2O3S. The Labute approximate surface area is 112 Å². The van der Waals surface area contributed by atoms with Crippen molar-refractivity contribution in [3.05, 3.63) is 0 Å². The molecule has 2 atom stereocenters. The van der Waals surface area contributed by atoms with E-state index in [0.717, 1.165) is 11.6 Å². The second-order valence-corrected chi connectivity index (χ2v) is 4.95. The molecule has 1 amide bonds. The Morgan fingerprint density at radius 1 is 1.59 bits per heavy atom.